The van der Waals surface area contributed by atoms with Crippen LogP contribution in [0.3, 0.4) is 0 Å². The van der Waals surface area contributed by atoms with E-state index in [0.717, 1.165) is 12.0 Å². The standard InChI is InChI=1S/C13H19NO3S/c1-11-6-8-14(10-11)18(16,17)13-4-2-12(3-5-13)7-9-15/h2-5,11,15H,6-10H2,1H3. The summed E-state index contributed by atoms with van der Waals surface area (Å²) in [7, 11) is -3.33. The van der Waals surface area contributed by atoms with E-state index < -0.39 is 10.0 Å². The van der Waals surface area contributed by atoms with Gasteiger partial charge in [0.05, 0.1) is 4.90 Å². The summed E-state index contributed by atoms with van der Waals surface area (Å²) in [4.78, 5) is 0.346. The first-order valence-electron chi connectivity index (χ1n) is 6.24. The SMILES string of the molecule is CC1CCN(S(=O)(=O)c2ccc(CCO)cc2)C1. The first-order valence-corrected chi connectivity index (χ1v) is 7.68. The molecule has 0 bridgehead atoms. The van der Waals surface area contributed by atoms with E-state index in [0.29, 0.717) is 30.3 Å². The highest BCUT2D eigenvalue weighted by Crippen LogP contribution is 2.24. The van der Waals surface area contributed by atoms with Gasteiger partial charge in [0.2, 0.25) is 10.0 Å². The smallest absolute Gasteiger partial charge is 0.243 e. The molecule has 100 valence electrons. The zero-order chi connectivity index (χ0) is 13.2. The number of sulfonamides is 1. The van der Waals surface area contributed by atoms with Crippen LogP contribution in [-0.2, 0) is 16.4 Å². The normalized spacial score (nSPS) is 21.3. The van der Waals surface area contributed by atoms with E-state index in [4.69, 9.17) is 5.11 Å². The van der Waals surface area contributed by atoms with E-state index in [9.17, 15) is 8.42 Å². The van der Waals surface area contributed by atoms with Crippen LogP contribution in [0.1, 0.15) is 18.9 Å². The molecule has 1 aliphatic heterocycles. The number of aliphatic hydroxyl groups is 1. The van der Waals surface area contributed by atoms with Crippen LogP contribution in [0.4, 0.5) is 0 Å². The fourth-order valence-electron chi connectivity index (χ4n) is 2.22. The second-order valence-corrected chi connectivity index (χ2v) is 6.81. The summed E-state index contributed by atoms with van der Waals surface area (Å²) >= 11 is 0. The van der Waals surface area contributed by atoms with Crippen molar-refractivity contribution in [2.45, 2.75) is 24.7 Å². The van der Waals surface area contributed by atoms with Crippen LogP contribution < -0.4 is 0 Å². The van der Waals surface area contributed by atoms with E-state index in [1.54, 1.807) is 28.6 Å². The molecule has 0 saturated carbocycles. The molecule has 4 nitrogen and oxygen atoms in total. The summed E-state index contributed by atoms with van der Waals surface area (Å²) in [6, 6.07) is 6.79. The van der Waals surface area contributed by atoms with Crippen molar-refractivity contribution < 1.29 is 13.5 Å². The van der Waals surface area contributed by atoms with E-state index in [1.165, 1.54) is 0 Å². The van der Waals surface area contributed by atoms with Crippen LogP contribution in [0.5, 0.6) is 0 Å². The van der Waals surface area contributed by atoms with E-state index in [2.05, 4.69) is 6.92 Å². The third-order valence-corrected chi connectivity index (χ3v) is 5.23. The minimum atomic E-state index is -3.33. The molecule has 0 aliphatic carbocycles. The van der Waals surface area contributed by atoms with Crippen LogP contribution in [0.25, 0.3) is 0 Å². The summed E-state index contributed by atoms with van der Waals surface area (Å²) in [6.07, 6.45) is 1.49. The zero-order valence-corrected chi connectivity index (χ0v) is 11.4. The first-order chi connectivity index (χ1) is 8.54. The molecule has 1 atom stereocenters. The molecule has 0 aromatic heterocycles. The maximum absolute atomic E-state index is 12.3. The van der Waals surface area contributed by atoms with E-state index in [1.807, 2.05) is 0 Å². The van der Waals surface area contributed by atoms with Gasteiger partial charge in [-0.15, -0.1) is 0 Å². The summed E-state index contributed by atoms with van der Waals surface area (Å²) in [5.41, 5.74) is 0.950. The van der Waals surface area contributed by atoms with Gasteiger partial charge in [-0.1, -0.05) is 19.1 Å². The Hall–Kier alpha value is -0.910. The van der Waals surface area contributed by atoms with Gasteiger partial charge in [0, 0.05) is 19.7 Å². The number of nitrogens with zero attached hydrogens (tertiary/aromatic N) is 1. The van der Waals surface area contributed by atoms with Crippen LogP contribution in [0.2, 0.25) is 0 Å². The molecular weight excluding hydrogens is 250 g/mol. The lowest BCUT2D eigenvalue weighted by Gasteiger charge is -2.16. The minimum Gasteiger partial charge on any atom is -0.396 e. The summed E-state index contributed by atoms with van der Waals surface area (Å²) in [6.45, 7) is 3.37. The minimum absolute atomic E-state index is 0.0791. The van der Waals surface area contributed by atoms with Crippen molar-refractivity contribution in [1.82, 2.24) is 4.31 Å². The van der Waals surface area contributed by atoms with Crippen molar-refractivity contribution in [3.8, 4) is 0 Å². The van der Waals surface area contributed by atoms with Crippen LogP contribution in [-0.4, -0.2) is 37.5 Å². The molecule has 1 aromatic rings. The van der Waals surface area contributed by atoms with Crippen LogP contribution >= 0.6 is 0 Å². The molecule has 5 heteroatoms. The Bertz CT molecular complexity index is 495. The fraction of sp³-hybridized carbons (Fsp3) is 0.538. The van der Waals surface area contributed by atoms with Gasteiger partial charge >= 0.3 is 0 Å². The number of hydrogen-bond acceptors (Lipinski definition) is 3. The lowest BCUT2D eigenvalue weighted by Crippen LogP contribution is -2.28. The highest BCUT2D eigenvalue weighted by atomic mass is 32.2. The lowest BCUT2D eigenvalue weighted by molar-refractivity contribution is 0.299. The molecule has 1 fully saturated rings. The molecule has 2 rings (SSSR count). The van der Waals surface area contributed by atoms with Gasteiger partial charge in [0.1, 0.15) is 0 Å². The molecule has 0 amide bonds. The van der Waals surface area contributed by atoms with Gasteiger partial charge in [-0.3, -0.25) is 0 Å². The van der Waals surface area contributed by atoms with Gasteiger partial charge in [-0.2, -0.15) is 4.31 Å². The maximum atomic E-state index is 12.3. The summed E-state index contributed by atoms with van der Waals surface area (Å²) in [5, 5.41) is 8.82. The van der Waals surface area contributed by atoms with Gasteiger partial charge in [-0.25, -0.2) is 8.42 Å². The summed E-state index contributed by atoms with van der Waals surface area (Å²) in [5.74, 6) is 0.438. The van der Waals surface area contributed by atoms with Crippen molar-refractivity contribution >= 4 is 10.0 Å². The van der Waals surface area contributed by atoms with Crippen LogP contribution in [0.15, 0.2) is 29.2 Å². The van der Waals surface area contributed by atoms with Crippen molar-refractivity contribution in [1.29, 1.82) is 0 Å². The number of rotatable bonds is 4. The Morgan fingerprint density at radius 2 is 2.00 bits per heavy atom. The largest absolute Gasteiger partial charge is 0.396 e. The predicted octanol–water partition coefficient (Wildman–Crippen LogP) is 1.25. The first kappa shape index (κ1) is 13.5. The highest BCUT2D eigenvalue weighted by Gasteiger charge is 2.30. The number of benzene rings is 1. The molecule has 0 spiro atoms. The van der Waals surface area contributed by atoms with E-state index >= 15 is 0 Å². The predicted molar refractivity (Wildman–Crippen MR) is 69.8 cm³/mol. The zero-order valence-electron chi connectivity index (χ0n) is 10.5. The van der Waals surface area contributed by atoms with Crippen molar-refractivity contribution in [2.75, 3.05) is 19.7 Å². The molecule has 1 aromatic carbocycles. The van der Waals surface area contributed by atoms with Crippen molar-refractivity contribution in [3.05, 3.63) is 29.8 Å². The average Bonchev–Trinajstić information content (AvgIpc) is 2.78. The Balaban J connectivity index is 2.19. The Kier molecular flexibility index (Phi) is 4.04. The third kappa shape index (κ3) is 2.74. The Morgan fingerprint density at radius 1 is 1.33 bits per heavy atom. The lowest BCUT2D eigenvalue weighted by atomic mass is 10.2. The van der Waals surface area contributed by atoms with Gasteiger partial charge in [-0.05, 0) is 36.5 Å². The molecule has 1 saturated heterocycles. The highest BCUT2D eigenvalue weighted by molar-refractivity contribution is 7.89. The molecule has 1 N–H and O–H groups in total. The van der Waals surface area contributed by atoms with Gasteiger partial charge in [0.15, 0.2) is 0 Å². The van der Waals surface area contributed by atoms with Crippen molar-refractivity contribution in [2.24, 2.45) is 5.92 Å². The molecule has 18 heavy (non-hydrogen) atoms. The topological polar surface area (TPSA) is 57.6 Å². The molecule has 1 heterocycles. The van der Waals surface area contributed by atoms with Crippen molar-refractivity contribution in [3.63, 3.8) is 0 Å². The van der Waals surface area contributed by atoms with Crippen LogP contribution in [0, 0.1) is 5.92 Å². The monoisotopic (exact) mass is 269 g/mol. The molecule has 0 radical (unpaired) electrons. The average molecular weight is 269 g/mol. The second-order valence-electron chi connectivity index (χ2n) is 4.87. The number of hydrogen-bond donors (Lipinski definition) is 1. The molecule has 1 aliphatic rings. The summed E-state index contributed by atoms with van der Waals surface area (Å²) < 4.78 is 26.2. The second kappa shape index (κ2) is 5.38. The van der Waals surface area contributed by atoms with Gasteiger partial charge < -0.3 is 5.11 Å². The maximum Gasteiger partial charge on any atom is 0.243 e. The molecule has 1 unspecified atom stereocenters. The Labute approximate surface area is 108 Å². The fourth-order valence-corrected chi connectivity index (χ4v) is 3.79. The quantitative estimate of drug-likeness (QED) is 0.895. The Morgan fingerprint density at radius 3 is 2.50 bits per heavy atom. The third-order valence-electron chi connectivity index (χ3n) is 3.35. The van der Waals surface area contributed by atoms with Gasteiger partial charge in [0.25, 0.3) is 0 Å². The number of aliphatic hydroxyl groups excluding tert-OH is 1. The van der Waals surface area contributed by atoms with E-state index in [-0.39, 0.29) is 6.61 Å². The molecular formula is C13H19NO3S.